The van der Waals surface area contributed by atoms with E-state index in [1.165, 1.54) is 11.1 Å². The highest BCUT2D eigenvalue weighted by molar-refractivity contribution is 5.44. The van der Waals surface area contributed by atoms with Crippen molar-refractivity contribution >= 4 is 0 Å². The molecular weight excluding hydrogens is 266 g/mol. The van der Waals surface area contributed by atoms with E-state index in [0.29, 0.717) is 13.2 Å². The highest BCUT2D eigenvalue weighted by Gasteiger charge is 2.16. The molecule has 0 spiro atoms. The van der Waals surface area contributed by atoms with Crippen LogP contribution in [0.2, 0.25) is 0 Å². The molecule has 0 saturated carbocycles. The summed E-state index contributed by atoms with van der Waals surface area (Å²) in [4.78, 5) is 0. The van der Waals surface area contributed by atoms with Gasteiger partial charge in [0.15, 0.2) is 0 Å². The summed E-state index contributed by atoms with van der Waals surface area (Å²) in [5.41, 5.74) is 10.9. The van der Waals surface area contributed by atoms with Crippen LogP contribution in [0.5, 0.6) is 11.5 Å². The number of benzene rings is 2. The number of methoxy groups -OCH3 is 2. The minimum absolute atomic E-state index is 0.222. The van der Waals surface area contributed by atoms with Gasteiger partial charge >= 0.3 is 0 Å². The largest absolute Gasteiger partial charge is 0.497 e. The second-order valence-electron chi connectivity index (χ2n) is 5.14. The Morgan fingerprint density at radius 1 is 0.905 bits per heavy atom. The average molecular weight is 285 g/mol. The maximum Gasteiger partial charge on any atom is 0.122 e. The molecule has 1 unspecified atom stereocenters. The Labute approximate surface area is 124 Å². The van der Waals surface area contributed by atoms with Crippen LogP contribution in [-0.4, -0.2) is 14.2 Å². The van der Waals surface area contributed by atoms with Gasteiger partial charge in [-0.3, -0.25) is 0 Å². The molecule has 2 aromatic rings. The third kappa shape index (κ3) is 2.73. The molecule has 2 N–H and O–H groups in total. The fourth-order valence-electron chi connectivity index (χ4n) is 2.59. The zero-order valence-corrected chi connectivity index (χ0v) is 12.3. The van der Waals surface area contributed by atoms with Crippen molar-refractivity contribution in [2.75, 3.05) is 14.2 Å². The van der Waals surface area contributed by atoms with Crippen molar-refractivity contribution in [2.24, 2.45) is 5.73 Å². The summed E-state index contributed by atoms with van der Waals surface area (Å²) in [5, 5.41) is 0. The van der Waals surface area contributed by atoms with E-state index in [1.54, 1.807) is 14.2 Å². The fraction of sp³-hybridized carbons (Fsp3) is 0.294. The van der Waals surface area contributed by atoms with Gasteiger partial charge < -0.3 is 19.9 Å². The van der Waals surface area contributed by atoms with Crippen LogP contribution in [0.3, 0.4) is 0 Å². The van der Waals surface area contributed by atoms with E-state index in [-0.39, 0.29) is 6.04 Å². The van der Waals surface area contributed by atoms with Gasteiger partial charge in [-0.1, -0.05) is 18.2 Å². The Hall–Kier alpha value is -2.04. The molecule has 4 heteroatoms. The smallest absolute Gasteiger partial charge is 0.122 e. The lowest BCUT2D eigenvalue weighted by atomic mass is 9.96. The molecule has 0 radical (unpaired) electrons. The van der Waals surface area contributed by atoms with E-state index in [4.69, 9.17) is 19.9 Å². The van der Waals surface area contributed by atoms with Crippen LogP contribution in [0.4, 0.5) is 0 Å². The fourth-order valence-corrected chi connectivity index (χ4v) is 2.59. The van der Waals surface area contributed by atoms with Gasteiger partial charge in [0.05, 0.1) is 33.5 Å². The van der Waals surface area contributed by atoms with E-state index in [0.717, 1.165) is 22.6 Å². The predicted octanol–water partition coefficient (Wildman–Crippen LogP) is 2.78. The van der Waals surface area contributed by atoms with Crippen LogP contribution in [-0.2, 0) is 18.0 Å². The van der Waals surface area contributed by atoms with Crippen LogP contribution >= 0.6 is 0 Å². The van der Waals surface area contributed by atoms with E-state index in [2.05, 4.69) is 18.2 Å². The Balaban J connectivity index is 1.96. The van der Waals surface area contributed by atoms with Gasteiger partial charge in [-0.2, -0.15) is 0 Å². The first kappa shape index (κ1) is 13.9. The zero-order chi connectivity index (χ0) is 14.8. The first-order valence-electron chi connectivity index (χ1n) is 6.89. The Kier molecular flexibility index (Phi) is 3.82. The molecule has 21 heavy (non-hydrogen) atoms. The zero-order valence-electron chi connectivity index (χ0n) is 12.3. The number of ether oxygens (including phenoxy) is 3. The molecule has 3 rings (SSSR count). The van der Waals surface area contributed by atoms with Gasteiger partial charge in [0.25, 0.3) is 0 Å². The number of rotatable bonds is 4. The monoisotopic (exact) mass is 285 g/mol. The topological polar surface area (TPSA) is 53.7 Å². The standard InChI is InChI=1S/C17H19NO3/c1-19-15-6-13(7-16(8-15)20-2)17(18)11-3-4-12-9-21-10-14(12)5-11/h3-8,17H,9-10,18H2,1-2H3. The van der Waals surface area contributed by atoms with Gasteiger partial charge in [0, 0.05) is 6.07 Å². The first-order valence-corrected chi connectivity index (χ1v) is 6.89. The highest BCUT2D eigenvalue weighted by atomic mass is 16.5. The van der Waals surface area contributed by atoms with Gasteiger partial charge in [0.1, 0.15) is 11.5 Å². The van der Waals surface area contributed by atoms with E-state index in [1.807, 2.05) is 18.2 Å². The predicted molar refractivity (Wildman–Crippen MR) is 80.5 cm³/mol. The quantitative estimate of drug-likeness (QED) is 0.938. The van der Waals surface area contributed by atoms with Crippen molar-refractivity contribution in [1.29, 1.82) is 0 Å². The maximum absolute atomic E-state index is 6.41. The second-order valence-corrected chi connectivity index (χ2v) is 5.14. The molecular formula is C17H19NO3. The van der Waals surface area contributed by atoms with Crippen LogP contribution in [0, 0.1) is 0 Å². The highest BCUT2D eigenvalue weighted by Crippen LogP contribution is 2.30. The van der Waals surface area contributed by atoms with E-state index < -0.39 is 0 Å². The normalized spacial score (nSPS) is 14.6. The number of fused-ring (bicyclic) bond motifs is 1. The number of hydrogen-bond acceptors (Lipinski definition) is 4. The summed E-state index contributed by atoms with van der Waals surface area (Å²) in [5.74, 6) is 1.48. The lowest BCUT2D eigenvalue weighted by Gasteiger charge is -2.16. The SMILES string of the molecule is COc1cc(OC)cc(C(N)c2ccc3c(c2)COC3)c1. The summed E-state index contributed by atoms with van der Waals surface area (Å²) >= 11 is 0. The molecule has 0 aliphatic carbocycles. The van der Waals surface area contributed by atoms with Crippen LogP contribution in [0.25, 0.3) is 0 Å². The summed E-state index contributed by atoms with van der Waals surface area (Å²) < 4.78 is 16.1. The second kappa shape index (κ2) is 5.76. The van der Waals surface area contributed by atoms with E-state index >= 15 is 0 Å². The molecule has 1 atom stereocenters. The number of nitrogens with two attached hydrogens (primary N) is 1. The molecule has 4 nitrogen and oxygen atoms in total. The van der Waals surface area contributed by atoms with Crippen LogP contribution in [0.1, 0.15) is 28.3 Å². The molecule has 0 amide bonds. The summed E-state index contributed by atoms with van der Waals surface area (Å²) in [6.45, 7) is 1.36. The molecule has 0 fully saturated rings. The van der Waals surface area contributed by atoms with E-state index in [9.17, 15) is 0 Å². The molecule has 1 heterocycles. The first-order chi connectivity index (χ1) is 10.2. The van der Waals surface area contributed by atoms with Gasteiger partial charge in [-0.25, -0.2) is 0 Å². The minimum atomic E-state index is -0.222. The number of hydrogen-bond donors (Lipinski definition) is 1. The van der Waals surface area contributed by atoms with Crippen molar-refractivity contribution in [3.05, 3.63) is 58.7 Å². The van der Waals surface area contributed by atoms with Crippen molar-refractivity contribution in [1.82, 2.24) is 0 Å². The Bertz CT molecular complexity index is 632. The maximum atomic E-state index is 6.41. The Morgan fingerprint density at radius 2 is 1.57 bits per heavy atom. The molecule has 1 aliphatic heterocycles. The molecule has 0 saturated heterocycles. The van der Waals surface area contributed by atoms with Crippen molar-refractivity contribution in [3.8, 4) is 11.5 Å². The summed E-state index contributed by atoms with van der Waals surface area (Å²) in [6.07, 6.45) is 0. The van der Waals surface area contributed by atoms with Crippen molar-refractivity contribution in [2.45, 2.75) is 19.3 Å². The third-order valence-electron chi connectivity index (χ3n) is 3.84. The van der Waals surface area contributed by atoms with Crippen molar-refractivity contribution in [3.63, 3.8) is 0 Å². The van der Waals surface area contributed by atoms with Crippen LogP contribution < -0.4 is 15.2 Å². The summed E-state index contributed by atoms with van der Waals surface area (Å²) in [7, 11) is 3.27. The van der Waals surface area contributed by atoms with Crippen LogP contribution in [0.15, 0.2) is 36.4 Å². The minimum Gasteiger partial charge on any atom is -0.497 e. The Morgan fingerprint density at radius 3 is 2.24 bits per heavy atom. The van der Waals surface area contributed by atoms with Gasteiger partial charge in [-0.15, -0.1) is 0 Å². The molecule has 110 valence electrons. The lowest BCUT2D eigenvalue weighted by molar-refractivity contribution is 0.134. The molecule has 2 aromatic carbocycles. The third-order valence-corrected chi connectivity index (χ3v) is 3.84. The summed E-state index contributed by atoms with van der Waals surface area (Å²) in [6, 6.07) is 11.8. The van der Waals surface area contributed by atoms with Gasteiger partial charge in [-0.05, 0) is 34.4 Å². The van der Waals surface area contributed by atoms with Gasteiger partial charge in [0.2, 0.25) is 0 Å². The molecule has 0 aromatic heterocycles. The lowest BCUT2D eigenvalue weighted by Crippen LogP contribution is -2.12. The molecule has 0 bridgehead atoms. The molecule has 1 aliphatic rings. The van der Waals surface area contributed by atoms with Crippen molar-refractivity contribution < 1.29 is 14.2 Å². The average Bonchev–Trinajstić information content (AvgIpc) is 3.01.